The summed E-state index contributed by atoms with van der Waals surface area (Å²) >= 11 is 3.98. The number of carbonyl (C=O) groups is 1. The topological polar surface area (TPSA) is 81.1 Å². The van der Waals surface area contributed by atoms with Gasteiger partial charge in [-0.05, 0) is 13.0 Å². The SMILES string of the molecule is C[C@]1(N)C=C1N[C@H](CS)C(N)=O. The van der Waals surface area contributed by atoms with E-state index in [9.17, 15) is 4.79 Å². The van der Waals surface area contributed by atoms with E-state index in [2.05, 4.69) is 17.9 Å². The van der Waals surface area contributed by atoms with Crippen LogP contribution in [-0.2, 0) is 4.79 Å². The number of nitrogens with two attached hydrogens (primary N) is 2. The molecule has 0 spiro atoms. The minimum atomic E-state index is -0.426. The van der Waals surface area contributed by atoms with Crippen LogP contribution in [0.4, 0.5) is 0 Å². The fourth-order valence-corrected chi connectivity index (χ4v) is 1.13. The van der Waals surface area contributed by atoms with Crippen molar-refractivity contribution in [3.8, 4) is 0 Å². The fraction of sp³-hybridized carbons (Fsp3) is 0.571. The molecule has 0 aliphatic heterocycles. The zero-order valence-electron chi connectivity index (χ0n) is 6.87. The molecule has 0 aromatic rings. The van der Waals surface area contributed by atoms with Crippen LogP contribution in [0.15, 0.2) is 11.8 Å². The van der Waals surface area contributed by atoms with Gasteiger partial charge in [0.15, 0.2) is 0 Å². The van der Waals surface area contributed by atoms with E-state index in [0.29, 0.717) is 5.75 Å². The van der Waals surface area contributed by atoms with Gasteiger partial charge in [0, 0.05) is 11.4 Å². The van der Waals surface area contributed by atoms with Gasteiger partial charge in [-0.2, -0.15) is 12.6 Å². The third kappa shape index (κ3) is 1.92. The summed E-state index contributed by atoms with van der Waals surface area (Å²) in [5, 5.41) is 2.92. The van der Waals surface area contributed by atoms with Crippen molar-refractivity contribution in [1.82, 2.24) is 5.32 Å². The van der Waals surface area contributed by atoms with Gasteiger partial charge in [0.05, 0.1) is 5.54 Å². The highest BCUT2D eigenvalue weighted by Crippen LogP contribution is 2.28. The maximum absolute atomic E-state index is 10.7. The Balaban J connectivity index is 2.41. The molecule has 2 atom stereocenters. The number of thiol groups is 1. The predicted molar refractivity (Wildman–Crippen MR) is 50.6 cm³/mol. The van der Waals surface area contributed by atoms with Crippen molar-refractivity contribution >= 4 is 18.5 Å². The van der Waals surface area contributed by atoms with Crippen molar-refractivity contribution in [3.63, 3.8) is 0 Å². The Morgan fingerprint density at radius 2 is 2.42 bits per heavy atom. The zero-order valence-corrected chi connectivity index (χ0v) is 7.77. The summed E-state index contributed by atoms with van der Waals surface area (Å²) < 4.78 is 0. The Morgan fingerprint density at radius 1 is 1.92 bits per heavy atom. The van der Waals surface area contributed by atoms with Crippen molar-refractivity contribution in [2.45, 2.75) is 18.5 Å². The largest absolute Gasteiger partial charge is 0.375 e. The van der Waals surface area contributed by atoms with E-state index in [1.165, 1.54) is 0 Å². The summed E-state index contributed by atoms with van der Waals surface area (Å²) in [5.74, 6) is -0.0310. The average molecular weight is 187 g/mol. The molecule has 12 heavy (non-hydrogen) atoms. The first kappa shape index (κ1) is 9.41. The molecule has 68 valence electrons. The van der Waals surface area contributed by atoms with Gasteiger partial charge in [-0.3, -0.25) is 4.79 Å². The van der Waals surface area contributed by atoms with E-state index >= 15 is 0 Å². The number of amides is 1. The summed E-state index contributed by atoms with van der Waals surface area (Å²) in [5.41, 5.74) is 11.3. The Morgan fingerprint density at radius 3 is 2.67 bits per heavy atom. The maximum Gasteiger partial charge on any atom is 0.240 e. The highest BCUT2D eigenvalue weighted by atomic mass is 32.1. The molecule has 0 saturated heterocycles. The van der Waals surface area contributed by atoms with Gasteiger partial charge in [-0.15, -0.1) is 0 Å². The van der Waals surface area contributed by atoms with Crippen LogP contribution in [0.25, 0.3) is 0 Å². The third-order valence-electron chi connectivity index (χ3n) is 1.80. The average Bonchev–Trinajstić information content (AvgIpc) is 2.53. The molecule has 0 saturated carbocycles. The maximum atomic E-state index is 10.7. The van der Waals surface area contributed by atoms with E-state index in [1.807, 2.05) is 13.0 Å². The van der Waals surface area contributed by atoms with E-state index in [-0.39, 0.29) is 5.54 Å². The summed E-state index contributed by atoms with van der Waals surface area (Å²) in [7, 11) is 0. The number of hydrogen-bond donors (Lipinski definition) is 4. The number of rotatable bonds is 4. The number of carbonyl (C=O) groups excluding carboxylic acids is 1. The van der Waals surface area contributed by atoms with Crippen LogP contribution >= 0.6 is 12.6 Å². The fourth-order valence-electron chi connectivity index (χ4n) is 0.855. The quantitative estimate of drug-likeness (QED) is 0.425. The van der Waals surface area contributed by atoms with Gasteiger partial charge >= 0.3 is 0 Å². The van der Waals surface area contributed by atoms with Crippen molar-refractivity contribution < 1.29 is 4.79 Å². The summed E-state index contributed by atoms with van der Waals surface area (Å²) in [6, 6.07) is -0.426. The van der Waals surface area contributed by atoms with E-state index in [1.54, 1.807) is 0 Å². The molecule has 0 aromatic heterocycles. The van der Waals surface area contributed by atoms with Crippen molar-refractivity contribution in [1.29, 1.82) is 0 Å². The van der Waals surface area contributed by atoms with Crippen molar-refractivity contribution in [3.05, 3.63) is 11.8 Å². The van der Waals surface area contributed by atoms with Crippen LogP contribution in [0.1, 0.15) is 6.92 Å². The first-order chi connectivity index (χ1) is 5.47. The molecule has 1 amide bonds. The van der Waals surface area contributed by atoms with Gasteiger partial charge in [-0.1, -0.05) is 0 Å². The highest BCUT2D eigenvalue weighted by Gasteiger charge is 2.36. The summed E-state index contributed by atoms with van der Waals surface area (Å²) in [6.07, 6.45) is 1.84. The van der Waals surface area contributed by atoms with Gasteiger partial charge in [-0.25, -0.2) is 0 Å². The van der Waals surface area contributed by atoms with Crippen LogP contribution in [-0.4, -0.2) is 23.2 Å². The van der Waals surface area contributed by atoms with Crippen LogP contribution < -0.4 is 16.8 Å². The molecule has 0 fully saturated rings. The Bertz CT molecular complexity index is 237. The Hall–Kier alpha value is -0.680. The molecule has 0 heterocycles. The molecule has 5 N–H and O–H groups in total. The number of primary amides is 1. The lowest BCUT2D eigenvalue weighted by molar-refractivity contribution is -0.119. The first-order valence-corrected chi connectivity index (χ1v) is 4.29. The van der Waals surface area contributed by atoms with Crippen molar-refractivity contribution in [2.75, 3.05) is 5.75 Å². The van der Waals surface area contributed by atoms with E-state index < -0.39 is 11.9 Å². The monoisotopic (exact) mass is 187 g/mol. The molecule has 0 aromatic carbocycles. The predicted octanol–water partition coefficient (Wildman–Crippen LogP) is -1.03. The summed E-state index contributed by atoms with van der Waals surface area (Å²) in [4.78, 5) is 10.7. The van der Waals surface area contributed by atoms with Crippen molar-refractivity contribution in [2.24, 2.45) is 11.5 Å². The van der Waals surface area contributed by atoms with E-state index in [4.69, 9.17) is 11.5 Å². The lowest BCUT2D eigenvalue weighted by atomic mass is 10.2. The molecule has 1 rings (SSSR count). The van der Waals surface area contributed by atoms with Crippen LogP contribution in [0, 0.1) is 0 Å². The smallest absolute Gasteiger partial charge is 0.240 e. The molecular weight excluding hydrogens is 174 g/mol. The molecule has 1 aliphatic carbocycles. The Kier molecular flexibility index (Phi) is 2.34. The molecular formula is C7H13N3OS. The van der Waals surface area contributed by atoms with Crippen LogP contribution in [0.2, 0.25) is 0 Å². The second-order valence-corrected chi connectivity index (χ2v) is 3.49. The second-order valence-electron chi connectivity index (χ2n) is 3.12. The van der Waals surface area contributed by atoms with Gasteiger partial charge in [0.1, 0.15) is 6.04 Å². The minimum absolute atomic E-state index is 0.378. The molecule has 0 unspecified atom stereocenters. The van der Waals surface area contributed by atoms with Gasteiger partial charge in [0.25, 0.3) is 0 Å². The van der Waals surface area contributed by atoms with Crippen LogP contribution in [0.3, 0.4) is 0 Å². The Labute approximate surface area is 76.8 Å². The highest BCUT2D eigenvalue weighted by molar-refractivity contribution is 7.80. The third-order valence-corrected chi connectivity index (χ3v) is 2.16. The number of hydrogen-bond acceptors (Lipinski definition) is 4. The molecule has 4 nitrogen and oxygen atoms in total. The number of nitrogens with one attached hydrogen (secondary N) is 1. The van der Waals surface area contributed by atoms with E-state index in [0.717, 1.165) is 5.70 Å². The second kappa shape index (κ2) is 2.99. The first-order valence-electron chi connectivity index (χ1n) is 3.66. The molecule has 0 bridgehead atoms. The molecule has 0 radical (unpaired) electrons. The summed E-state index contributed by atoms with van der Waals surface area (Å²) in [6.45, 7) is 1.85. The van der Waals surface area contributed by atoms with Gasteiger partial charge in [0.2, 0.25) is 5.91 Å². The zero-order chi connectivity index (χ0) is 9.35. The standard InChI is InChI=1S/C7H13N3OS/c1-7(9)2-5(7)10-4(3-12)6(8)11/h2,4,10,12H,3,9H2,1H3,(H2,8,11)/t4-,7+/m1/s1. The lowest BCUT2D eigenvalue weighted by Gasteiger charge is -2.14. The minimum Gasteiger partial charge on any atom is -0.375 e. The van der Waals surface area contributed by atoms with Crippen LogP contribution in [0.5, 0.6) is 0 Å². The normalized spacial score (nSPS) is 29.1. The van der Waals surface area contributed by atoms with Gasteiger partial charge < -0.3 is 16.8 Å². The lowest BCUT2D eigenvalue weighted by Crippen LogP contribution is -2.43. The molecule has 5 heteroatoms. The molecule has 1 aliphatic rings.